The van der Waals surface area contributed by atoms with E-state index in [2.05, 4.69) is 18.9 Å². The van der Waals surface area contributed by atoms with Crippen LogP contribution in [0.4, 0.5) is 0 Å². The fraction of sp³-hybridized carbons (Fsp3) is 0.273. The average Bonchev–Trinajstić information content (AvgIpc) is 3.13. The number of carbonyl (C=O) groups is 1. The predicted octanol–water partition coefficient (Wildman–Crippen LogP) is 4.93. The summed E-state index contributed by atoms with van der Waals surface area (Å²) < 4.78 is 7.08. The molecule has 28 heavy (non-hydrogen) atoms. The van der Waals surface area contributed by atoms with E-state index in [4.69, 9.17) is 16.3 Å². The van der Waals surface area contributed by atoms with Gasteiger partial charge in [0.15, 0.2) is 0 Å². The van der Waals surface area contributed by atoms with Crippen molar-refractivity contribution in [3.8, 4) is 11.4 Å². The lowest BCUT2D eigenvalue weighted by molar-refractivity contribution is 0.0783. The second-order valence-electron chi connectivity index (χ2n) is 7.00. The number of hydrogen-bond acceptors (Lipinski definition) is 3. The summed E-state index contributed by atoms with van der Waals surface area (Å²) in [6.07, 6.45) is 1.65. The van der Waals surface area contributed by atoms with Crippen LogP contribution in [-0.2, 0) is 6.54 Å². The highest BCUT2D eigenvalue weighted by Crippen LogP contribution is 2.25. The van der Waals surface area contributed by atoms with Crippen molar-refractivity contribution in [1.82, 2.24) is 14.7 Å². The van der Waals surface area contributed by atoms with Crippen molar-refractivity contribution in [2.45, 2.75) is 26.3 Å². The molecule has 5 nitrogen and oxygen atoms in total. The van der Waals surface area contributed by atoms with E-state index in [1.807, 2.05) is 53.2 Å². The van der Waals surface area contributed by atoms with Crippen molar-refractivity contribution in [3.63, 3.8) is 0 Å². The van der Waals surface area contributed by atoms with E-state index < -0.39 is 0 Å². The Morgan fingerprint density at radius 1 is 1.21 bits per heavy atom. The first-order valence-corrected chi connectivity index (χ1v) is 9.50. The van der Waals surface area contributed by atoms with E-state index in [0.717, 1.165) is 22.7 Å². The molecule has 0 radical (unpaired) electrons. The lowest BCUT2D eigenvalue weighted by Crippen LogP contribution is -2.27. The van der Waals surface area contributed by atoms with Gasteiger partial charge in [-0.25, -0.2) is 4.68 Å². The highest BCUT2D eigenvalue weighted by atomic mass is 35.5. The van der Waals surface area contributed by atoms with Gasteiger partial charge in [-0.2, -0.15) is 5.10 Å². The fourth-order valence-corrected chi connectivity index (χ4v) is 3.31. The van der Waals surface area contributed by atoms with Crippen molar-refractivity contribution >= 4 is 17.5 Å². The number of methoxy groups -OCH3 is 1. The molecule has 0 aliphatic rings. The van der Waals surface area contributed by atoms with Crippen LogP contribution in [0.3, 0.4) is 0 Å². The van der Waals surface area contributed by atoms with Gasteiger partial charge in [0.25, 0.3) is 5.91 Å². The van der Waals surface area contributed by atoms with Gasteiger partial charge in [0.2, 0.25) is 0 Å². The van der Waals surface area contributed by atoms with Crippen LogP contribution in [0.1, 0.15) is 41.4 Å². The number of benzene rings is 2. The summed E-state index contributed by atoms with van der Waals surface area (Å²) in [7, 11) is 3.43. The summed E-state index contributed by atoms with van der Waals surface area (Å²) in [5.41, 5.74) is 3.37. The second-order valence-corrected chi connectivity index (χ2v) is 7.44. The van der Waals surface area contributed by atoms with Crippen LogP contribution in [0, 0.1) is 0 Å². The van der Waals surface area contributed by atoms with Gasteiger partial charge in [-0.1, -0.05) is 37.6 Å². The molecule has 0 saturated carbocycles. The molecule has 0 saturated heterocycles. The SMILES string of the molecule is COc1cccc(CN(C)C(=O)c2cnn(-c3ccc(Cl)cc3)c2C(C)C)c1. The average molecular weight is 398 g/mol. The van der Waals surface area contributed by atoms with E-state index in [-0.39, 0.29) is 11.8 Å². The third-order valence-corrected chi connectivity index (χ3v) is 4.81. The van der Waals surface area contributed by atoms with Gasteiger partial charge in [0, 0.05) is 18.6 Å². The Hall–Kier alpha value is -2.79. The highest BCUT2D eigenvalue weighted by molar-refractivity contribution is 6.30. The quantitative estimate of drug-likeness (QED) is 0.592. The number of rotatable bonds is 6. The van der Waals surface area contributed by atoms with Crippen LogP contribution in [0.5, 0.6) is 5.75 Å². The number of hydrogen-bond donors (Lipinski definition) is 0. The van der Waals surface area contributed by atoms with E-state index in [1.165, 1.54) is 0 Å². The van der Waals surface area contributed by atoms with Crippen LogP contribution in [0.25, 0.3) is 5.69 Å². The summed E-state index contributed by atoms with van der Waals surface area (Å²) in [5, 5.41) is 5.14. The molecule has 1 heterocycles. The van der Waals surface area contributed by atoms with Crippen LogP contribution in [0.15, 0.2) is 54.7 Å². The molecule has 0 bridgehead atoms. The highest BCUT2D eigenvalue weighted by Gasteiger charge is 2.23. The van der Waals surface area contributed by atoms with E-state index in [9.17, 15) is 4.79 Å². The molecule has 0 unspecified atom stereocenters. The minimum atomic E-state index is -0.0632. The van der Waals surface area contributed by atoms with Gasteiger partial charge < -0.3 is 9.64 Å². The Labute approximate surface area is 170 Å². The number of nitrogens with zero attached hydrogens (tertiary/aromatic N) is 3. The molecule has 3 aromatic rings. The Bertz CT molecular complexity index is 964. The first-order valence-electron chi connectivity index (χ1n) is 9.13. The smallest absolute Gasteiger partial charge is 0.257 e. The second kappa shape index (κ2) is 8.48. The minimum absolute atomic E-state index is 0.0632. The lowest BCUT2D eigenvalue weighted by atomic mass is 10.0. The van der Waals surface area contributed by atoms with Crippen molar-refractivity contribution in [2.75, 3.05) is 14.2 Å². The zero-order valence-corrected chi connectivity index (χ0v) is 17.3. The molecule has 2 aromatic carbocycles. The summed E-state index contributed by atoms with van der Waals surface area (Å²) in [6.45, 7) is 4.60. The van der Waals surface area contributed by atoms with E-state index in [1.54, 1.807) is 25.3 Å². The Kier molecular flexibility index (Phi) is 6.05. The summed E-state index contributed by atoms with van der Waals surface area (Å²) in [5.74, 6) is 0.839. The van der Waals surface area contributed by atoms with Crippen molar-refractivity contribution in [2.24, 2.45) is 0 Å². The third kappa shape index (κ3) is 4.20. The van der Waals surface area contributed by atoms with Crippen LogP contribution < -0.4 is 4.74 Å². The number of aromatic nitrogens is 2. The number of halogens is 1. The molecular weight excluding hydrogens is 374 g/mol. The zero-order valence-electron chi connectivity index (χ0n) is 16.5. The third-order valence-electron chi connectivity index (χ3n) is 4.56. The Morgan fingerprint density at radius 2 is 1.93 bits per heavy atom. The molecular formula is C22H24ClN3O2. The summed E-state index contributed by atoms with van der Waals surface area (Å²) in [6, 6.07) is 15.2. The van der Waals surface area contributed by atoms with Crippen LogP contribution >= 0.6 is 11.6 Å². The number of carbonyl (C=O) groups excluding carboxylic acids is 1. The minimum Gasteiger partial charge on any atom is -0.497 e. The Morgan fingerprint density at radius 3 is 2.57 bits per heavy atom. The maximum atomic E-state index is 13.1. The van der Waals surface area contributed by atoms with Gasteiger partial charge in [0.1, 0.15) is 5.75 Å². The molecule has 0 spiro atoms. The van der Waals surface area contributed by atoms with Crippen molar-refractivity contribution in [3.05, 3.63) is 76.6 Å². The van der Waals surface area contributed by atoms with Crippen LogP contribution in [0.2, 0.25) is 5.02 Å². The largest absolute Gasteiger partial charge is 0.497 e. The molecule has 0 aliphatic heterocycles. The lowest BCUT2D eigenvalue weighted by Gasteiger charge is -2.19. The molecule has 1 aromatic heterocycles. The first kappa shape index (κ1) is 20.0. The van der Waals surface area contributed by atoms with E-state index >= 15 is 0 Å². The molecule has 1 amide bonds. The maximum Gasteiger partial charge on any atom is 0.257 e. The first-order chi connectivity index (χ1) is 13.4. The van der Waals surface area contributed by atoms with Crippen molar-refractivity contribution < 1.29 is 9.53 Å². The normalized spacial score (nSPS) is 10.9. The number of ether oxygens (including phenoxy) is 1. The molecule has 0 aliphatic carbocycles. The number of amides is 1. The molecule has 6 heteroatoms. The van der Waals surface area contributed by atoms with Gasteiger partial charge in [-0.05, 0) is 47.9 Å². The van der Waals surface area contributed by atoms with Gasteiger partial charge >= 0.3 is 0 Å². The van der Waals surface area contributed by atoms with Crippen molar-refractivity contribution in [1.29, 1.82) is 0 Å². The Balaban J connectivity index is 1.89. The summed E-state index contributed by atoms with van der Waals surface area (Å²) in [4.78, 5) is 14.8. The molecule has 0 atom stereocenters. The topological polar surface area (TPSA) is 47.4 Å². The molecule has 0 fully saturated rings. The summed E-state index contributed by atoms with van der Waals surface area (Å²) >= 11 is 6.00. The monoisotopic (exact) mass is 397 g/mol. The van der Waals surface area contributed by atoms with Gasteiger partial charge in [-0.3, -0.25) is 4.79 Å². The van der Waals surface area contributed by atoms with Gasteiger partial charge in [0.05, 0.1) is 30.3 Å². The van der Waals surface area contributed by atoms with Crippen LogP contribution in [-0.4, -0.2) is 34.7 Å². The van der Waals surface area contributed by atoms with Gasteiger partial charge in [-0.15, -0.1) is 0 Å². The molecule has 146 valence electrons. The van der Waals surface area contributed by atoms with E-state index in [0.29, 0.717) is 17.1 Å². The molecule has 0 N–H and O–H groups in total. The molecule has 3 rings (SSSR count). The fourth-order valence-electron chi connectivity index (χ4n) is 3.19. The standard InChI is InChI=1S/C22H24ClN3O2/c1-15(2)21-20(13-24-26(21)18-10-8-17(23)9-11-18)22(27)25(3)14-16-6-5-7-19(12-16)28-4/h5-13,15H,14H2,1-4H3. The maximum absolute atomic E-state index is 13.1. The zero-order chi connectivity index (χ0) is 20.3. The predicted molar refractivity (Wildman–Crippen MR) is 111 cm³/mol.